The molecule has 0 saturated carbocycles. The number of furan rings is 1. The minimum Gasteiger partial charge on any atom is -0.468 e. The average Bonchev–Trinajstić information content (AvgIpc) is 3.30. The Hall–Kier alpha value is -3.19. The summed E-state index contributed by atoms with van der Waals surface area (Å²) in [6.07, 6.45) is 5.37. The van der Waals surface area contributed by atoms with Gasteiger partial charge >= 0.3 is 0 Å². The molecule has 0 bridgehead atoms. The summed E-state index contributed by atoms with van der Waals surface area (Å²) in [6.45, 7) is 4.57. The van der Waals surface area contributed by atoms with E-state index in [-0.39, 0.29) is 23.3 Å². The molecule has 1 atom stereocenters. The van der Waals surface area contributed by atoms with Crippen LogP contribution < -0.4 is 10.9 Å². The van der Waals surface area contributed by atoms with Gasteiger partial charge in [-0.25, -0.2) is 4.39 Å². The van der Waals surface area contributed by atoms with Gasteiger partial charge < -0.3 is 9.73 Å². The molecule has 1 saturated heterocycles. The van der Waals surface area contributed by atoms with Gasteiger partial charge in [0.15, 0.2) is 0 Å². The minimum absolute atomic E-state index is 0.0468. The third kappa shape index (κ3) is 4.94. The first-order chi connectivity index (χ1) is 15.0. The van der Waals surface area contributed by atoms with Crippen LogP contribution in [0.2, 0.25) is 0 Å². The highest BCUT2D eigenvalue weighted by molar-refractivity contribution is 5.93. The fraction of sp³-hybridized carbons (Fsp3) is 0.333. The third-order valence-corrected chi connectivity index (χ3v) is 5.86. The molecule has 1 unspecified atom stereocenters. The van der Waals surface area contributed by atoms with E-state index < -0.39 is 0 Å². The van der Waals surface area contributed by atoms with E-state index in [9.17, 15) is 14.0 Å². The molecule has 6 nitrogen and oxygen atoms in total. The van der Waals surface area contributed by atoms with Crippen molar-refractivity contribution in [1.29, 1.82) is 0 Å². The predicted molar refractivity (Wildman–Crippen MR) is 116 cm³/mol. The van der Waals surface area contributed by atoms with Gasteiger partial charge in [-0.3, -0.25) is 19.1 Å². The zero-order chi connectivity index (χ0) is 21.8. The third-order valence-electron chi connectivity index (χ3n) is 5.86. The molecule has 2 aromatic heterocycles. The molecule has 1 aliphatic rings. The Labute approximate surface area is 180 Å². The molecule has 1 aromatic carbocycles. The number of hydrogen-bond acceptors (Lipinski definition) is 4. The molecule has 0 spiro atoms. The highest BCUT2D eigenvalue weighted by atomic mass is 19.1. The maximum atomic E-state index is 13.2. The molecule has 7 heteroatoms. The van der Waals surface area contributed by atoms with Gasteiger partial charge in [0.2, 0.25) is 0 Å². The number of halogens is 1. The summed E-state index contributed by atoms with van der Waals surface area (Å²) in [5.41, 5.74) is 0.561. The highest BCUT2D eigenvalue weighted by Gasteiger charge is 2.27. The summed E-state index contributed by atoms with van der Waals surface area (Å²) in [6, 6.07) is 12.2. The van der Waals surface area contributed by atoms with Crippen LogP contribution >= 0.6 is 0 Å². The van der Waals surface area contributed by atoms with Gasteiger partial charge in [-0.15, -0.1) is 0 Å². The minimum atomic E-state index is -0.387. The van der Waals surface area contributed by atoms with Crippen LogP contribution in [-0.2, 0) is 0 Å². The van der Waals surface area contributed by atoms with E-state index in [4.69, 9.17) is 4.42 Å². The number of aromatic nitrogens is 1. The van der Waals surface area contributed by atoms with Crippen LogP contribution in [0.4, 0.5) is 4.39 Å². The van der Waals surface area contributed by atoms with Crippen LogP contribution in [0.1, 0.15) is 41.9 Å². The Morgan fingerprint density at radius 1 is 1.16 bits per heavy atom. The molecular formula is C24H26FN3O3. The Bertz CT molecular complexity index is 1070. The molecule has 1 fully saturated rings. The first-order valence-electron chi connectivity index (χ1n) is 10.6. The van der Waals surface area contributed by atoms with Crippen LogP contribution in [0, 0.1) is 11.7 Å². The lowest BCUT2D eigenvalue weighted by Gasteiger charge is -2.35. The van der Waals surface area contributed by atoms with Crippen molar-refractivity contribution in [3.63, 3.8) is 0 Å². The normalized spacial score (nSPS) is 16.2. The molecule has 4 rings (SSSR count). The van der Waals surface area contributed by atoms with E-state index >= 15 is 0 Å². The summed E-state index contributed by atoms with van der Waals surface area (Å²) >= 11 is 0. The van der Waals surface area contributed by atoms with Crippen LogP contribution in [0.5, 0.6) is 0 Å². The van der Waals surface area contributed by atoms with E-state index in [1.54, 1.807) is 6.26 Å². The molecular weight excluding hydrogens is 397 g/mol. The van der Waals surface area contributed by atoms with Gasteiger partial charge in [0.05, 0.1) is 17.9 Å². The van der Waals surface area contributed by atoms with Gasteiger partial charge in [-0.2, -0.15) is 0 Å². The number of nitrogens with zero attached hydrogens (tertiary/aromatic N) is 2. The number of likely N-dealkylation sites (tertiary alicyclic amines) is 1. The van der Waals surface area contributed by atoms with E-state index in [2.05, 4.69) is 17.1 Å². The van der Waals surface area contributed by atoms with Crippen molar-refractivity contribution in [3.05, 3.63) is 88.5 Å². The Balaban J connectivity index is 1.50. The van der Waals surface area contributed by atoms with Crippen molar-refractivity contribution in [3.8, 4) is 5.69 Å². The van der Waals surface area contributed by atoms with Gasteiger partial charge in [-0.05, 0) is 74.3 Å². The molecule has 0 aliphatic carbocycles. The summed E-state index contributed by atoms with van der Waals surface area (Å²) < 4.78 is 20.2. The van der Waals surface area contributed by atoms with Crippen molar-refractivity contribution in [2.24, 2.45) is 5.92 Å². The first kappa shape index (κ1) is 21.1. The van der Waals surface area contributed by atoms with Crippen molar-refractivity contribution in [2.45, 2.75) is 25.8 Å². The highest BCUT2D eigenvalue weighted by Crippen LogP contribution is 2.26. The summed E-state index contributed by atoms with van der Waals surface area (Å²) in [5.74, 6) is 0.862. The quantitative estimate of drug-likeness (QED) is 0.655. The lowest BCUT2D eigenvalue weighted by Crippen LogP contribution is -2.42. The lowest BCUT2D eigenvalue weighted by atomic mass is 9.97. The number of amides is 1. The monoisotopic (exact) mass is 423 g/mol. The predicted octanol–water partition coefficient (Wildman–Crippen LogP) is 3.77. The number of carbonyl (C=O) groups excluding carboxylic acids is 1. The molecule has 0 radical (unpaired) electrons. The second-order valence-electron chi connectivity index (χ2n) is 8.06. The first-order valence-corrected chi connectivity index (χ1v) is 10.6. The maximum absolute atomic E-state index is 13.2. The van der Waals surface area contributed by atoms with Crippen LogP contribution in [0.3, 0.4) is 0 Å². The molecule has 3 heterocycles. The zero-order valence-corrected chi connectivity index (χ0v) is 17.5. The number of hydrogen-bond donors (Lipinski definition) is 1. The van der Waals surface area contributed by atoms with E-state index in [1.807, 2.05) is 12.1 Å². The maximum Gasteiger partial charge on any atom is 0.255 e. The molecule has 31 heavy (non-hydrogen) atoms. The Morgan fingerprint density at radius 3 is 2.58 bits per heavy atom. The molecule has 3 aromatic rings. The zero-order valence-electron chi connectivity index (χ0n) is 17.5. The number of carbonyl (C=O) groups is 1. The summed E-state index contributed by atoms with van der Waals surface area (Å²) in [4.78, 5) is 27.5. The molecule has 1 aliphatic heterocycles. The fourth-order valence-electron chi connectivity index (χ4n) is 3.95. The Morgan fingerprint density at radius 2 is 1.90 bits per heavy atom. The number of nitrogens with one attached hydrogen (secondary N) is 1. The average molecular weight is 423 g/mol. The largest absolute Gasteiger partial charge is 0.468 e. The number of benzene rings is 1. The van der Waals surface area contributed by atoms with E-state index in [0.717, 1.165) is 31.7 Å². The fourth-order valence-corrected chi connectivity index (χ4v) is 3.95. The van der Waals surface area contributed by atoms with Crippen LogP contribution in [-0.4, -0.2) is 35.0 Å². The number of piperidine rings is 1. The summed E-state index contributed by atoms with van der Waals surface area (Å²) in [7, 11) is 0. The van der Waals surface area contributed by atoms with Gasteiger partial charge in [0.25, 0.3) is 11.5 Å². The van der Waals surface area contributed by atoms with Gasteiger partial charge in [0.1, 0.15) is 11.6 Å². The lowest BCUT2D eigenvalue weighted by molar-refractivity contribution is 0.0895. The Kier molecular flexibility index (Phi) is 6.32. The smallest absolute Gasteiger partial charge is 0.255 e. The van der Waals surface area contributed by atoms with Gasteiger partial charge in [-0.1, -0.05) is 6.92 Å². The summed E-state index contributed by atoms with van der Waals surface area (Å²) in [5, 5.41) is 2.99. The van der Waals surface area contributed by atoms with Crippen molar-refractivity contribution in [1.82, 2.24) is 14.8 Å². The van der Waals surface area contributed by atoms with E-state index in [1.165, 1.54) is 47.2 Å². The molecule has 1 N–H and O–H groups in total. The van der Waals surface area contributed by atoms with E-state index in [0.29, 0.717) is 23.7 Å². The topological polar surface area (TPSA) is 67.5 Å². The number of pyridine rings is 1. The number of rotatable bonds is 6. The van der Waals surface area contributed by atoms with Gasteiger partial charge in [0, 0.05) is 24.5 Å². The van der Waals surface area contributed by atoms with Crippen molar-refractivity contribution in [2.75, 3.05) is 19.6 Å². The second-order valence-corrected chi connectivity index (χ2v) is 8.06. The van der Waals surface area contributed by atoms with Crippen molar-refractivity contribution >= 4 is 5.91 Å². The molecule has 162 valence electrons. The van der Waals surface area contributed by atoms with Crippen molar-refractivity contribution < 1.29 is 13.6 Å². The van der Waals surface area contributed by atoms with Crippen LogP contribution in [0.25, 0.3) is 5.69 Å². The molecule has 1 amide bonds. The van der Waals surface area contributed by atoms with Crippen LogP contribution in [0.15, 0.2) is 70.2 Å². The second kappa shape index (κ2) is 9.31. The SMILES string of the molecule is CC1CCN(C(CNC(=O)c2ccc(=O)n(-c3ccc(F)cc3)c2)c2ccco2)CC1. The standard InChI is InChI=1S/C24H26FN3O3/c1-17-10-12-27(13-11-17)21(22-3-2-14-31-22)15-26-24(30)18-4-9-23(29)28(16-18)20-7-5-19(25)6-8-20/h2-9,14,16-17,21H,10-13,15H2,1H3,(H,26,30).